The molecule has 1 aromatic heterocycles. The zero-order valence-corrected chi connectivity index (χ0v) is 10.1. The van der Waals surface area contributed by atoms with Crippen molar-refractivity contribution in [2.45, 2.75) is 6.04 Å². The predicted octanol–water partition coefficient (Wildman–Crippen LogP) is -0.588. The van der Waals surface area contributed by atoms with Gasteiger partial charge < -0.3 is 15.0 Å². The van der Waals surface area contributed by atoms with E-state index in [0.29, 0.717) is 18.1 Å². The largest absolute Gasteiger partial charge is 0.480 e. The van der Waals surface area contributed by atoms with Gasteiger partial charge in [-0.05, 0) is 0 Å². The third-order valence-corrected chi connectivity index (χ3v) is 3.59. The summed E-state index contributed by atoms with van der Waals surface area (Å²) in [5.41, 5.74) is -0.358. The topological polar surface area (TPSA) is 103 Å². The molecule has 0 saturated carbocycles. The van der Waals surface area contributed by atoms with Crippen LogP contribution in [0.3, 0.4) is 0 Å². The van der Waals surface area contributed by atoms with Crippen LogP contribution >= 0.6 is 11.8 Å². The molecule has 1 aliphatic rings. The summed E-state index contributed by atoms with van der Waals surface area (Å²) in [6.07, 6.45) is 2.20. The molecule has 2 rings (SSSR count). The first-order valence-electron chi connectivity index (χ1n) is 5.26. The SMILES string of the molecule is O=C(O)C1CSCCN1C(=O)c1c[nH]c(=O)cn1. The second-order valence-electron chi connectivity index (χ2n) is 3.72. The number of nitrogens with zero attached hydrogens (tertiary/aromatic N) is 2. The van der Waals surface area contributed by atoms with Gasteiger partial charge in [0.05, 0.1) is 6.20 Å². The van der Waals surface area contributed by atoms with Gasteiger partial charge in [0.25, 0.3) is 11.5 Å². The average Bonchev–Trinajstić information content (AvgIpc) is 2.39. The van der Waals surface area contributed by atoms with E-state index in [-0.39, 0.29) is 5.69 Å². The Bertz CT molecular complexity index is 510. The van der Waals surface area contributed by atoms with Gasteiger partial charge >= 0.3 is 5.97 Å². The number of carbonyl (C=O) groups is 2. The molecule has 0 radical (unpaired) electrons. The minimum atomic E-state index is -1.03. The maximum atomic E-state index is 12.1. The Hall–Kier alpha value is -1.83. The minimum Gasteiger partial charge on any atom is -0.480 e. The number of aromatic amines is 1. The van der Waals surface area contributed by atoms with Crippen molar-refractivity contribution >= 4 is 23.6 Å². The minimum absolute atomic E-state index is 0.0488. The van der Waals surface area contributed by atoms with Crippen LogP contribution in [0, 0.1) is 0 Å². The molecule has 1 unspecified atom stereocenters. The van der Waals surface area contributed by atoms with Crippen LogP contribution in [0.25, 0.3) is 0 Å². The van der Waals surface area contributed by atoms with Crippen LogP contribution in [0.15, 0.2) is 17.2 Å². The summed E-state index contributed by atoms with van der Waals surface area (Å²) in [5.74, 6) is -0.442. The Kier molecular flexibility index (Phi) is 3.66. The number of amides is 1. The standard InChI is InChI=1S/C10H11N3O4S/c14-8-4-11-6(3-12-8)9(15)13-1-2-18-5-7(13)10(16)17/h3-4,7H,1-2,5H2,(H,12,14)(H,16,17). The van der Waals surface area contributed by atoms with E-state index >= 15 is 0 Å². The van der Waals surface area contributed by atoms with Crippen LogP contribution in [0.1, 0.15) is 10.5 Å². The molecule has 0 aromatic carbocycles. The number of nitrogens with one attached hydrogen (secondary N) is 1. The molecule has 7 nitrogen and oxygen atoms in total. The first-order valence-corrected chi connectivity index (χ1v) is 6.41. The maximum absolute atomic E-state index is 12.1. The Morgan fingerprint density at radius 3 is 2.94 bits per heavy atom. The molecule has 0 aliphatic carbocycles. The van der Waals surface area contributed by atoms with E-state index < -0.39 is 23.5 Å². The van der Waals surface area contributed by atoms with E-state index in [1.165, 1.54) is 22.9 Å². The molecule has 2 N–H and O–H groups in total. The number of hydrogen-bond acceptors (Lipinski definition) is 5. The molecule has 2 heterocycles. The van der Waals surface area contributed by atoms with Crippen LogP contribution in [0.5, 0.6) is 0 Å². The molecular formula is C10H11N3O4S. The van der Waals surface area contributed by atoms with Gasteiger partial charge in [-0.1, -0.05) is 0 Å². The number of thioether (sulfide) groups is 1. The van der Waals surface area contributed by atoms with Crippen molar-refractivity contribution in [1.29, 1.82) is 0 Å². The number of H-pyrrole nitrogens is 1. The lowest BCUT2D eigenvalue weighted by molar-refractivity contribution is -0.141. The van der Waals surface area contributed by atoms with Crippen molar-refractivity contribution in [2.24, 2.45) is 0 Å². The molecule has 1 aliphatic heterocycles. The number of aliphatic carboxylic acids is 1. The Labute approximate surface area is 106 Å². The molecule has 0 spiro atoms. The van der Waals surface area contributed by atoms with Gasteiger partial charge in [-0.3, -0.25) is 9.59 Å². The highest BCUT2D eigenvalue weighted by Crippen LogP contribution is 2.18. The third kappa shape index (κ3) is 2.53. The highest BCUT2D eigenvalue weighted by molar-refractivity contribution is 7.99. The van der Waals surface area contributed by atoms with E-state index in [1.54, 1.807) is 0 Å². The Morgan fingerprint density at radius 1 is 1.56 bits per heavy atom. The van der Waals surface area contributed by atoms with Gasteiger partial charge in [0.1, 0.15) is 11.7 Å². The van der Waals surface area contributed by atoms with Crippen LogP contribution in [-0.2, 0) is 4.79 Å². The molecule has 0 bridgehead atoms. The molecule has 1 amide bonds. The molecule has 1 aromatic rings. The Balaban J connectivity index is 2.23. The summed E-state index contributed by atoms with van der Waals surface area (Å²) in [7, 11) is 0. The lowest BCUT2D eigenvalue weighted by Crippen LogP contribution is -2.50. The molecule has 1 atom stereocenters. The second kappa shape index (κ2) is 5.21. The van der Waals surface area contributed by atoms with Crippen LogP contribution in [0.2, 0.25) is 0 Å². The van der Waals surface area contributed by atoms with Crippen molar-refractivity contribution in [2.75, 3.05) is 18.1 Å². The fourth-order valence-electron chi connectivity index (χ4n) is 1.66. The van der Waals surface area contributed by atoms with Crippen molar-refractivity contribution in [3.05, 3.63) is 28.4 Å². The molecule has 18 heavy (non-hydrogen) atoms. The summed E-state index contributed by atoms with van der Waals surface area (Å²) >= 11 is 1.50. The molecule has 96 valence electrons. The Morgan fingerprint density at radius 2 is 2.33 bits per heavy atom. The molecule has 8 heteroatoms. The van der Waals surface area contributed by atoms with Gasteiger partial charge in [-0.25, -0.2) is 9.78 Å². The van der Waals surface area contributed by atoms with Gasteiger partial charge in [0.2, 0.25) is 0 Å². The number of carbonyl (C=O) groups excluding carboxylic acids is 1. The fourth-order valence-corrected chi connectivity index (χ4v) is 2.70. The summed E-state index contributed by atoms with van der Waals surface area (Å²) in [6.45, 7) is 0.362. The lowest BCUT2D eigenvalue weighted by Gasteiger charge is -2.32. The van der Waals surface area contributed by atoms with Crippen molar-refractivity contribution < 1.29 is 14.7 Å². The van der Waals surface area contributed by atoms with Crippen molar-refractivity contribution in [3.8, 4) is 0 Å². The van der Waals surface area contributed by atoms with Gasteiger partial charge in [-0.15, -0.1) is 0 Å². The molecular weight excluding hydrogens is 258 g/mol. The number of carboxylic acids is 1. The monoisotopic (exact) mass is 269 g/mol. The van der Waals surface area contributed by atoms with E-state index in [2.05, 4.69) is 9.97 Å². The van der Waals surface area contributed by atoms with Crippen molar-refractivity contribution in [3.63, 3.8) is 0 Å². The van der Waals surface area contributed by atoms with E-state index in [9.17, 15) is 14.4 Å². The van der Waals surface area contributed by atoms with Crippen molar-refractivity contribution in [1.82, 2.24) is 14.9 Å². The number of hydrogen-bond donors (Lipinski definition) is 2. The predicted molar refractivity (Wildman–Crippen MR) is 64.6 cm³/mol. The number of aromatic nitrogens is 2. The molecule has 1 fully saturated rings. The number of rotatable bonds is 2. The molecule has 1 saturated heterocycles. The van der Waals surface area contributed by atoms with E-state index in [0.717, 1.165) is 6.20 Å². The zero-order valence-electron chi connectivity index (χ0n) is 9.33. The smallest absolute Gasteiger partial charge is 0.327 e. The van der Waals surface area contributed by atoms with Gasteiger partial charge in [0.15, 0.2) is 0 Å². The highest BCUT2D eigenvalue weighted by Gasteiger charge is 2.33. The first kappa shape index (κ1) is 12.6. The van der Waals surface area contributed by atoms with Crippen LogP contribution < -0.4 is 5.56 Å². The first-order chi connectivity index (χ1) is 8.59. The summed E-state index contributed by atoms with van der Waals surface area (Å²) in [5, 5.41) is 9.06. The third-order valence-electron chi connectivity index (χ3n) is 2.57. The highest BCUT2D eigenvalue weighted by atomic mass is 32.2. The average molecular weight is 269 g/mol. The van der Waals surface area contributed by atoms with Gasteiger partial charge in [0, 0.05) is 24.2 Å². The van der Waals surface area contributed by atoms with Crippen LogP contribution in [0.4, 0.5) is 0 Å². The summed E-state index contributed by atoms with van der Waals surface area (Å²) in [4.78, 5) is 41.4. The fraction of sp³-hybridized carbons (Fsp3) is 0.400. The quantitative estimate of drug-likeness (QED) is 0.744. The number of carboxylic acid groups (broad SMARTS) is 1. The van der Waals surface area contributed by atoms with E-state index in [4.69, 9.17) is 5.11 Å². The maximum Gasteiger partial charge on any atom is 0.327 e. The van der Waals surface area contributed by atoms with E-state index in [1.807, 2.05) is 0 Å². The second-order valence-corrected chi connectivity index (χ2v) is 4.87. The zero-order chi connectivity index (χ0) is 13.1. The summed E-state index contributed by atoms with van der Waals surface area (Å²) < 4.78 is 0. The normalized spacial score (nSPS) is 19.6. The van der Waals surface area contributed by atoms with Gasteiger partial charge in [-0.2, -0.15) is 11.8 Å². The van der Waals surface area contributed by atoms with Crippen LogP contribution in [-0.4, -0.2) is 55.9 Å². The summed E-state index contributed by atoms with van der Waals surface area (Å²) in [6, 6.07) is -0.843. The lowest BCUT2D eigenvalue weighted by atomic mass is 10.2.